The minimum atomic E-state index is -4.72. The number of alkyl halides is 3. The van der Waals surface area contributed by atoms with Gasteiger partial charge < -0.3 is 10.3 Å². The van der Waals surface area contributed by atoms with Crippen molar-refractivity contribution < 1.29 is 18.0 Å². The second kappa shape index (κ2) is 7.68. The molecule has 2 heterocycles. The van der Waals surface area contributed by atoms with E-state index in [1.54, 1.807) is 35.3 Å². The first-order valence-corrected chi connectivity index (χ1v) is 10.1. The molecule has 154 valence electrons. The van der Waals surface area contributed by atoms with Gasteiger partial charge in [0.2, 0.25) is 0 Å². The number of fused-ring (bicyclic) bond motifs is 2. The lowest BCUT2D eigenvalue weighted by Gasteiger charge is -2.29. The van der Waals surface area contributed by atoms with Crippen LogP contribution in [0.15, 0.2) is 63.1 Å². The average Bonchev–Trinajstić information content (AvgIpc) is 2.66. The highest BCUT2D eigenvalue weighted by Gasteiger charge is 2.33. The van der Waals surface area contributed by atoms with Crippen LogP contribution in [0.3, 0.4) is 0 Å². The predicted octanol–water partition coefficient (Wildman–Crippen LogP) is 5.68. The molecule has 1 aliphatic heterocycles. The highest BCUT2D eigenvalue weighted by Crippen LogP contribution is 2.47. The fraction of sp³-hybridized carbons (Fsp3) is 0.100. The van der Waals surface area contributed by atoms with E-state index in [9.17, 15) is 22.8 Å². The van der Waals surface area contributed by atoms with Crippen LogP contribution >= 0.6 is 35.0 Å². The maximum atomic E-state index is 12.8. The number of amides is 1. The largest absolute Gasteiger partial charge is 0.431 e. The van der Waals surface area contributed by atoms with Gasteiger partial charge in [-0.2, -0.15) is 13.2 Å². The summed E-state index contributed by atoms with van der Waals surface area (Å²) < 4.78 is 38.3. The number of halogens is 5. The second-order valence-corrected chi connectivity index (χ2v) is 8.38. The van der Waals surface area contributed by atoms with Gasteiger partial charge in [0.15, 0.2) is 0 Å². The van der Waals surface area contributed by atoms with Crippen LogP contribution in [-0.4, -0.2) is 10.9 Å². The Morgan fingerprint density at radius 2 is 1.83 bits per heavy atom. The summed E-state index contributed by atoms with van der Waals surface area (Å²) in [6.45, 7) is 0. The molecule has 0 aliphatic carbocycles. The molecule has 1 amide bonds. The molecule has 0 radical (unpaired) electrons. The van der Waals surface area contributed by atoms with Gasteiger partial charge in [-0.25, -0.2) is 0 Å². The van der Waals surface area contributed by atoms with Gasteiger partial charge in [-0.15, -0.1) is 0 Å². The van der Waals surface area contributed by atoms with Gasteiger partial charge in [0, 0.05) is 25.4 Å². The Morgan fingerprint density at radius 1 is 1.07 bits per heavy atom. The zero-order valence-electron chi connectivity index (χ0n) is 14.8. The molecular weight excluding hydrogens is 460 g/mol. The lowest BCUT2D eigenvalue weighted by atomic mass is 9.97. The van der Waals surface area contributed by atoms with Crippen molar-refractivity contribution in [2.75, 3.05) is 0 Å². The van der Waals surface area contributed by atoms with Crippen molar-refractivity contribution >= 4 is 40.9 Å². The van der Waals surface area contributed by atoms with Crippen molar-refractivity contribution in [2.24, 2.45) is 0 Å². The summed E-state index contributed by atoms with van der Waals surface area (Å²) in [7, 11) is 0. The number of hydrogen-bond acceptors (Lipinski definition) is 3. The molecule has 1 aromatic heterocycles. The van der Waals surface area contributed by atoms with Gasteiger partial charge in [0.25, 0.3) is 11.5 Å². The van der Waals surface area contributed by atoms with E-state index in [0.29, 0.717) is 27.2 Å². The van der Waals surface area contributed by atoms with Gasteiger partial charge in [-0.1, -0.05) is 47.1 Å². The van der Waals surface area contributed by atoms with Gasteiger partial charge in [0.05, 0.1) is 6.04 Å². The molecule has 0 fully saturated rings. The summed E-state index contributed by atoms with van der Waals surface area (Å²) in [6.07, 6.45) is -4.72. The molecule has 1 atom stereocenters. The number of rotatable bonds is 2. The Hall–Kier alpha value is -2.42. The van der Waals surface area contributed by atoms with Crippen LogP contribution in [0, 0.1) is 0 Å². The summed E-state index contributed by atoms with van der Waals surface area (Å²) in [5.74, 6) is -0.825. The zero-order chi connectivity index (χ0) is 21.6. The fourth-order valence-corrected chi connectivity index (χ4v) is 4.96. The maximum Gasteiger partial charge on any atom is 0.431 e. The molecule has 4 nitrogen and oxygen atoms in total. The molecule has 0 spiro atoms. The van der Waals surface area contributed by atoms with Crippen LogP contribution < -0.4 is 10.9 Å². The molecule has 10 heteroatoms. The second-order valence-electron chi connectivity index (χ2n) is 6.45. The fourth-order valence-electron chi connectivity index (χ4n) is 3.17. The monoisotopic (exact) mass is 470 g/mol. The zero-order valence-corrected chi connectivity index (χ0v) is 17.1. The highest BCUT2D eigenvalue weighted by molar-refractivity contribution is 7.99. The standard InChI is InChI=1S/C20H11Cl2F3N2O2S/c21-9-4-5-10-14(8-9)30-13-3-1-2-12(22)16(13)17(10)27-19(29)11-6-7-15(20(23,24)25)26-18(11)28/h1-8,17H,(H,26,28)(H,27,29). The average molecular weight is 471 g/mol. The number of benzene rings is 2. The third-order valence-electron chi connectivity index (χ3n) is 4.54. The van der Waals surface area contributed by atoms with Gasteiger partial charge in [-0.05, 0) is 42.0 Å². The van der Waals surface area contributed by atoms with Gasteiger partial charge in [-0.3, -0.25) is 9.59 Å². The quantitative estimate of drug-likeness (QED) is 0.505. The Morgan fingerprint density at radius 3 is 2.53 bits per heavy atom. The molecule has 30 heavy (non-hydrogen) atoms. The predicted molar refractivity (Wildman–Crippen MR) is 108 cm³/mol. The molecule has 1 unspecified atom stereocenters. The van der Waals surface area contributed by atoms with Crippen LogP contribution in [0.1, 0.15) is 33.2 Å². The maximum absolute atomic E-state index is 12.8. The molecule has 0 bridgehead atoms. The van der Waals surface area contributed by atoms with Crippen molar-refractivity contribution in [1.29, 1.82) is 0 Å². The van der Waals surface area contributed by atoms with E-state index < -0.39 is 34.9 Å². The molecule has 4 rings (SSSR count). The van der Waals surface area contributed by atoms with E-state index in [1.807, 2.05) is 6.07 Å². The van der Waals surface area contributed by atoms with E-state index in [2.05, 4.69) is 5.32 Å². The Kier molecular flexibility index (Phi) is 5.34. The molecule has 2 N–H and O–H groups in total. The molecule has 1 aliphatic rings. The van der Waals surface area contributed by atoms with Crippen molar-refractivity contribution in [2.45, 2.75) is 22.0 Å². The third-order valence-corrected chi connectivity index (χ3v) is 6.26. The van der Waals surface area contributed by atoms with E-state index in [0.717, 1.165) is 15.9 Å². The Bertz CT molecular complexity index is 1230. The molecule has 0 saturated carbocycles. The van der Waals surface area contributed by atoms with Crippen LogP contribution in [0.4, 0.5) is 13.2 Å². The number of aromatic amines is 1. The topological polar surface area (TPSA) is 62.0 Å². The lowest BCUT2D eigenvalue weighted by Crippen LogP contribution is -2.35. The lowest BCUT2D eigenvalue weighted by molar-refractivity contribution is -0.141. The number of H-pyrrole nitrogens is 1. The van der Waals surface area contributed by atoms with Crippen LogP contribution in [-0.2, 0) is 6.18 Å². The molecule has 2 aromatic carbocycles. The van der Waals surface area contributed by atoms with Gasteiger partial charge >= 0.3 is 6.18 Å². The number of carbonyl (C=O) groups is 1. The Labute approximate surface area is 182 Å². The Balaban J connectivity index is 1.75. The summed E-state index contributed by atoms with van der Waals surface area (Å²) in [5.41, 5.74) is -1.46. The number of aromatic nitrogens is 1. The van der Waals surface area contributed by atoms with Crippen LogP contribution in [0.2, 0.25) is 10.0 Å². The summed E-state index contributed by atoms with van der Waals surface area (Å²) in [5, 5.41) is 3.65. The number of nitrogens with one attached hydrogen (secondary N) is 2. The molecular formula is C20H11Cl2F3N2O2S. The van der Waals surface area contributed by atoms with E-state index >= 15 is 0 Å². The minimum absolute atomic E-state index is 0.409. The van der Waals surface area contributed by atoms with E-state index in [1.165, 1.54) is 11.8 Å². The summed E-state index contributed by atoms with van der Waals surface area (Å²) in [4.78, 5) is 28.2. The SMILES string of the molecule is O=C(NC1c2ccc(Cl)cc2Sc2cccc(Cl)c21)c1ccc(C(F)(F)F)[nH]c1=O. The number of hydrogen-bond donors (Lipinski definition) is 2. The summed E-state index contributed by atoms with van der Waals surface area (Å²) >= 11 is 13.9. The first-order valence-electron chi connectivity index (χ1n) is 8.52. The van der Waals surface area contributed by atoms with Crippen LogP contribution in [0.25, 0.3) is 0 Å². The van der Waals surface area contributed by atoms with Gasteiger partial charge in [0.1, 0.15) is 11.3 Å². The van der Waals surface area contributed by atoms with E-state index in [4.69, 9.17) is 23.2 Å². The summed E-state index contributed by atoms with van der Waals surface area (Å²) in [6, 6.07) is 11.2. The normalized spacial score (nSPS) is 15.3. The third kappa shape index (κ3) is 3.82. The van der Waals surface area contributed by atoms with Crippen molar-refractivity contribution in [3.63, 3.8) is 0 Å². The van der Waals surface area contributed by atoms with E-state index in [-0.39, 0.29) is 0 Å². The first-order chi connectivity index (χ1) is 14.1. The first kappa shape index (κ1) is 20.8. The number of carbonyl (C=O) groups excluding carboxylic acids is 1. The van der Waals surface area contributed by atoms with Crippen molar-refractivity contribution in [3.05, 3.63) is 91.3 Å². The van der Waals surface area contributed by atoms with Crippen LogP contribution in [0.5, 0.6) is 0 Å². The molecule has 0 saturated heterocycles. The smallest absolute Gasteiger partial charge is 0.341 e. The van der Waals surface area contributed by atoms with Crippen molar-refractivity contribution in [1.82, 2.24) is 10.3 Å². The highest BCUT2D eigenvalue weighted by atomic mass is 35.5. The minimum Gasteiger partial charge on any atom is -0.341 e. The molecule has 3 aromatic rings. The number of pyridine rings is 1. The van der Waals surface area contributed by atoms with Crippen molar-refractivity contribution in [3.8, 4) is 0 Å².